The predicted octanol–water partition coefficient (Wildman–Crippen LogP) is 2.93. The lowest BCUT2D eigenvalue weighted by Crippen LogP contribution is -2.39. The predicted molar refractivity (Wildman–Crippen MR) is 131 cm³/mol. The molecule has 1 aromatic rings. The van der Waals surface area contributed by atoms with Gasteiger partial charge in [0.15, 0.2) is 9.84 Å². The third-order valence-electron chi connectivity index (χ3n) is 5.57. The maximum absolute atomic E-state index is 12.3. The summed E-state index contributed by atoms with van der Waals surface area (Å²) in [6.45, 7) is 10.2. The first kappa shape index (κ1) is 30.6. The van der Waals surface area contributed by atoms with Crippen LogP contribution in [0.2, 0.25) is 0 Å². The van der Waals surface area contributed by atoms with Crippen molar-refractivity contribution in [1.29, 1.82) is 0 Å². The summed E-state index contributed by atoms with van der Waals surface area (Å²) in [4.78, 5) is 35.8. The minimum atomic E-state index is -3.78. The van der Waals surface area contributed by atoms with E-state index in [2.05, 4.69) is 0 Å². The van der Waals surface area contributed by atoms with Gasteiger partial charge in [0.1, 0.15) is 5.75 Å². The van der Waals surface area contributed by atoms with Crippen molar-refractivity contribution in [2.45, 2.75) is 65.4 Å². The van der Waals surface area contributed by atoms with Gasteiger partial charge in [-0.1, -0.05) is 31.2 Å². The van der Waals surface area contributed by atoms with E-state index in [-0.39, 0.29) is 31.5 Å². The maximum Gasteiger partial charge on any atom is 0.321 e. The molecule has 35 heavy (non-hydrogen) atoms. The minimum absolute atomic E-state index is 0.0197. The van der Waals surface area contributed by atoms with Crippen LogP contribution in [-0.4, -0.2) is 68.4 Å². The summed E-state index contributed by atoms with van der Waals surface area (Å²) in [5.41, 5.74) is -1.08. The molecule has 0 radical (unpaired) electrons. The molecular formula is C25H38O9S. The first-order valence-corrected chi connectivity index (χ1v) is 13.5. The van der Waals surface area contributed by atoms with E-state index in [9.17, 15) is 27.9 Å². The number of rotatable bonds is 15. The molecular weight excluding hydrogens is 476 g/mol. The number of benzene rings is 1. The van der Waals surface area contributed by atoms with Gasteiger partial charge in [0.2, 0.25) is 0 Å². The third-order valence-corrected chi connectivity index (χ3v) is 7.38. The zero-order valence-corrected chi connectivity index (χ0v) is 22.3. The second kappa shape index (κ2) is 13.0. The molecule has 1 N–H and O–H groups in total. The number of carbonyl (C=O) groups excluding carboxylic acids is 2. The first-order valence-electron chi connectivity index (χ1n) is 11.6. The highest BCUT2D eigenvalue weighted by atomic mass is 32.2. The first-order chi connectivity index (χ1) is 16.2. The van der Waals surface area contributed by atoms with Crippen LogP contribution in [0.25, 0.3) is 0 Å². The molecule has 0 saturated carbocycles. The van der Waals surface area contributed by atoms with Gasteiger partial charge in [0, 0.05) is 6.61 Å². The van der Waals surface area contributed by atoms with Gasteiger partial charge in [-0.3, -0.25) is 14.4 Å². The van der Waals surface area contributed by atoms with Crippen molar-refractivity contribution < 1.29 is 42.1 Å². The van der Waals surface area contributed by atoms with Crippen molar-refractivity contribution in [2.75, 3.05) is 31.3 Å². The van der Waals surface area contributed by atoms with E-state index in [0.29, 0.717) is 18.6 Å². The highest BCUT2D eigenvalue weighted by molar-refractivity contribution is 7.92. The van der Waals surface area contributed by atoms with Gasteiger partial charge in [0.05, 0.1) is 35.9 Å². The number of ether oxygens (including phenoxy) is 3. The topological polar surface area (TPSA) is 133 Å². The van der Waals surface area contributed by atoms with Gasteiger partial charge in [-0.2, -0.15) is 0 Å². The van der Waals surface area contributed by atoms with Gasteiger partial charge in [-0.25, -0.2) is 8.42 Å². The molecule has 9 nitrogen and oxygen atoms in total. The van der Waals surface area contributed by atoms with Crippen LogP contribution < -0.4 is 0 Å². The molecule has 0 aliphatic carbocycles. The lowest BCUT2D eigenvalue weighted by Gasteiger charge is -2.30. The summed E-state index contributed by atoms with van der Waals surface area (Å²) in [7, 11) is -3.78. The number of carbonyl (C=O) groups is 3. The van der Waals surface area contributed by atoms with Crippen LogP contribution >= 0.6 is 0 Å². The van der Waals surface area contributed by atoms with Crippen LogP contribution in [0.3, 0.4) is 0 Å². The molecule has 0 bridgehead atoms. The molecule has 2 atom stereocenters. The van der Waals surface area contributed by atoms with Crippen molar-refractivity contribution in [2.24, 2.45) is 5.92 Å². The molecule has 0 aromatic heterocycles. The molecule has 0 saturated heterocycles. The maximum atomic E-state index is 12.3. The van der Waals surface area contributed by atoms with Crippen molar-refractivity contribution in [3.63, 3.8) is 0 Å². The Labute approximate surface area is 208 Å². The standard InChI is InChI=1S/C25H38O9S/c1-7-32-21(26)16-35(30,31)17-24(4,5)34-13-12-25(6,23(28)29)20-11-9-10-19(15-20)14-18(3)22(27)33-8-2/h9-11,15,18H,7-8,12-14,16-17H2,1-6H3,(H,28,29). The Kier molecular flexibility index (Phi) is 11.4. The fourth-order valence-corrected chi connectivity index (χ4v) is 5.36. The van der Waals surface area contributed by atoms with E-state index in [1.165, 1.54) is 0 Å². The van der Waals surface area contributed by atoms with Gasteiger partial charge >= 0.3 is 17.9 Å². The Bertz CT molecular complexity index is 984. The van der Waals surface area contributed by atoms with E-state index in [4.69, 9.17) is 14.2 Å². The number of hydrogen-bond acceptors (Lipinski definition) is 8. The Morgan fingerprint density at radius 1 is 1.06 bits per heavy atom. The molecule has 0 spiro atoms. The molecule has 2 unspecified atom stereocenters. The van der Waals surface area contributed by atoms with Crippen LogP contribution in [0.5, 0.6) is 0 Å². The minimum Gasteiger partial charge on any atom is -0.481 e. The molecule has 10 heteroatoms. The van der Waals surface area contributed by atoms with E-state index >= 15 is 0 Å². The molecule has 0 heterocycles. The van der Waals surface area contributed by atoms with Crippen molar-refractivity contribution in [3.8, 4) is 0 Å². The molecule has 0 amide bonds. The van der Waals surface area contributed by atoms with E-state index in [1.807, 2.05) is 6.07 Å². The van der Waals surface area contributed by atoms with Crippen LogP contribution in [-0.2, 0) is 50.3 Å². The highest BCUT2D eigenvalue weighted by Crippen LogP contribution is 2.30. The third kappa shape index (κ3) is 9.97. The Hall–Kier alpha value is -2.46. The number of carboxylic acid groups (broad SMARTS) is 1. The summed E-state index contributed by atoms with van der Waals surface area (Å²) in [5, 5.41) is 10.0. The zero-order chi connectivity index (χ0) is 26.9. The number of esters is 2. The Morgan fingerprint density at radius 2 is 1.69 bits per heavy atom. The number of sulfone groups is 1. The average molecular weight is 515 g/mol. The lowest BCUT2D eigenvalue weighted by molar-refractivity contribution is -0.147. The monoisotopic (exact) mass is 514 g/mol. The summed E-state index contributed by atoms with van der Waals surface area (Å²) in [6.07, 6.45) is 0.491. The van der Waals surface area contributed by atoms with Crippen LogP contribution in [0.1, 0.15) is 59.1 Å². The smallest absolute Gasteiger partial charge is 0.321 e. The quantitative estimate of drug-likeness (QED) is 0.351. The van der Waals surface area contributed by atoms with Crippen LogP contribution in [0.4, 0.5) is 0 Å². The lowest BCUT2D eigenvalue weighted by atomic mass is 9.78. The molecule has 1 rings (SSSR count). The highest BCUT2D eigenvalue weighted by Gasteiger charge is 2.37. The van der Waals surface area contributed by atoms with Crippen LogP contribution in [0, 0.1) is 5.92 Å². The fraction of sp³-hybridized carbons (Fsp3) is 0.640. The van der Waals surface area contributed by atoms with Gasteiger partial charge in [-0.15, -0.1) is 0 Å². The summed E-state index contributed by atoms with van der Waals surface area (Å²) in [6, 6.07) is 7.05. The van der Waals surface area contributed by atoms with Crippen LogP contribution in [0.15, 0.2) is 24.3 Å². The van der Waals surface area contributed by atoms with E-state index in [1.54, 1.807) is 59.7 Å². The largest absolute Gasteiger partial charge is 0.481 e. The van der Waals surface area contributed by atoms with Gasteiger partial charge < -0.3 is 19.3 Å². The van der Waals surface area contributed by atoms with Crippen molar-refractivity contribution >= 4 is 27.7 Å². The Balaban J connectivity index is 2.90. The average Bonchev–Trinajstić information content (AvgIpc) is 2.72. The Morgan fingerprint density at radius 3 is 2.26 bits per heavy atom. The second-order valence-electron chi connectivity index (χ2n) is 9.39. The molecule has 198 valence electrons. The van der Waals surface area contributed by atoms with Gasteiger partial charge in [-0.05, 0) is 58.6 Å². The zero-order valence-electron chi connectivity index (χ0n) is 21.5. The molecule has 1 aromatic carbocycles. The number of carboxylic acids is 1. The van der Waals surface area contributed by atoms with E-state index in [0.717, 1.165) is 5.56 Å². The normalized spacial score (nSPS) is 14.6. The SMILES string of the molecule is CCOC(=O)CS(=O)(=O)CC(C)(C)OCCC(C)(C(=O)O)c1cccc(CC(C)C(=O)OCC)c1. The molecule has 0 fully saturated rings. The summed E-state index contributed by atoms with van der Waals surface area (Å²) < 4.78 is 40.2. The fourth-order valence-electron chi connectivity index (χ4n) is 3.67. The summed E-state index contributed by atoms with van der Waals surface area (Å²) in [5.74, 6) is -3.71. The summed E-state index contributed by atoms with van der Waals surface area (Å²) >= 11 is 0. The second-order valence-corrected chi connectivity index (χ2v) is 11.5. The molecule has 0 aliphatic heterocycles. The van der Waals surface area contributed by atoms with Crippen molar-refractivity contribution in [1.82, 2.24) is 0 Å². The molecule has 0 aliphatic rings. The van der Waals surface area contributed by atoms with Gasteiger partial charge in [0.25, 0.3) is 0 Å². The van der Waals surface area contributed by atoms with Crippen molar-refractivity contribution in [3.05, 3.63) is 35.4 Å². The van der Waals surface area contributed by atoms with E-state index < -0.39 is 44.3 Å². The number of hydrogen-bond donors (Lipinski definition) is 1. The number of aliphatic carboxylic acids is 1.